The zero-order chi connectivity index (χ0) is 27.3. The van der Waals surface area contributed by atoms with E-state index in [1.165, 1.54) is 9.80 Å². The fourth-order valence-corrected chi connectivity index (χ4v) is 3.54. The molecule has 8 heteroatoms. The fraction of sp³-hybridized carbons (Fsp3) is 0.429. The standard InChI is InChI=1S/C16H24N2O2.C12H18N2O2/c1-4-5-11-14(17)16(20)18(3)12(2)15(19)13-9-7-6-8-10-13;1-9(14(2)11(15)8-13)12(16)10-6-4-3-5-7-10/h4,6-10,12,14-15,19H,1,5,11,17H2,2-3H3;3-7,9,12,16H,8,13H2,1-2H3/t12-,14+,15+;9-,12+/m11/s1. The first-order chi connectivity index (χ1) is 17.1. The molecule has 0 saturated carbocycles. The van der Waals surface area contributed by atoms with Crippen molar-refractivity contribution in [1.82, 2.24) is 9.80 Å². The number of allylic oxidation sites excluding steroid dienone is 1. The van der Waals surface area contributed by atoms with Crippen molar-refractivity contribution in [1.29, 1.82) is 0 Å². The highest BCUT2D eigenvalue weighted by molar-refractivity contribution is 5.81. The van der Waals surface area contributed by atoms with E-state index in [-0.39, 0.29) is 30.4 Å². The van der Waals surface area contributed by atoms with Crippen LogP contribution in [-0.4, -0.2) is 70.6 Å². The first-order valence-electron chi connectivity index (χ1n) is 12.1. The number of aliphatic hydroxyl groups excluding tert-OH is 2. The highest BCUT2D eigenvalue weighted by Crippen LogP contribution is 2.21. The van der Waals surface area contributed by atoms with E-state index in [2.05, 4.69) is 6.58 Å². The summed E-state index contributed by atoms with van der Waals surface area (Å²) in [7, 11) is 3.32. The van der Waals surface area contributed by atoms with E-state index in [0.717, 1.165) is 11.1 Å². The van der Waals surface area contributed by atoms with Crippen molar-refractivity contribution in [3.63, 3.8) is 0 Å². The Labute approximate surface area is 215 Å². The molecule has 0 aliphatic carbocycles. The normalized spacial score (nSPS) is 14.8. The van der Waals surface area contributed by atoms with Gasteiger partial charge in [-0.05, 0) is 37.8 Å². The first-order valence-corrected chi connectivity index (χ1v) is 12.1. The quantitative estimate of drug-likeness (QED) is 0.352. The molecule has 0 unspecified atom stereocenters. The van der Waals surface area contributed by atoms with E-state index in [4.69, 9.17) is 11.5 Å². The monoisotopic (exact) mass is 498 g/mol. The van der Waals surface area contributed by atoms with Crippen molar-refractivity contribution in [2.24, 2.45) is 11.5 Å². The Bertz CT molecular complexity index is 926. The van der Waals surface area contributed by atoms with Gasteiger partial charge in [0.25, 0.3) is 0 Å². The molecule has 0 bridgehead atoms. The maximum atomic E-state index is 12.2. The number of likely N-dealkylation sites (N-methyl/N-ethyl adjacent to an activating group) is 2. The molecule has 2 aromatic rings. The number of nitrogens with zero attached hydrogens (tertiary/aromatic N) is 2. The van der Waals surface area contributed by atoms with Gasteiger partial charge in [-0.15, -0.1) is 6.58 Å². The number of hydrogen-bond donors (Lipinski definition) is 4. The molecule has 0 spiro atoms. The number of carbonyl (C=O) groups excluding carboxylic acids is 2. The highest BCUT2D eigenvalue weighted by Gasteiger charge is 2.27. The summed E-state index contributed by atoms with van der Waals surface area (Å²) in [6.45, 7) is 7.19. The van der Waals surface area contributed by atoms with Crippen molar-refractivity contribution in [3.05, 3.63) is 84.4 Å². The molecule has 0 radical (unpaired) electrons. The third kappa shape index (κ3) is 9.20. The number of rotatable bonds is 11. The summed E-state index contributed by atoms with van der Waals surface area (Å²) in [5.74, 6) is -0.336. The Morgan fingerprint density at radius 1 is 0.889 bits per heavy atom. The van der Waals surface area contributed by atoms with Gasteiger partial charge in [-0.2, -0.15) is 0 Å². The number of hydrogen-bond acceptors (Lipinski definition) is 6. The van der Waals surface area contributed by atoms with Gasteiger partial charge in [-0.25, -0.2) is 0 Å². The minimum absolute atomic E-state index is 0.0393. The number of benzene rings is 2. The van der Waals surface area contributed by atoms with Crippen molar-refractivity contribution in [3.8, 4) is 0 Å². The molecule has 198 valence electrons. The number of aliphatic hydroxyl groups is 2. The highest BCUT2D eigenvalue weighted by atomic mass is 16.3. The predicted octanol–water partition coefficient (Wildman–Crippen LogP) is 2.39. The first kappa shape index (κ1) is 31.0. The Kier molecular flexibility index (Phi) is 13.6. The molecule has 8 nitrogen and oxygen atoms in total. The Hall–Kier alpha value is -3.04. The lowest BCUT2D eigenvalue weighted by molar-refractivity contribution is -0.135. The van der Waals surface area contributed by atoms with Gasteiger partial charge < -0.3 is 31.5 Å². The van der Waals surface area contributed by atoms with Gasteiger partial charge in [0, 0.05) is 14.1 Å². The van der Waals surface area contributed by atoms with E-state index in [9.17, 15) is 19.8 Å². The summed E-state index contributed by atoms with van der Waals surface area (Å²) in [6.07, 6.45) is 1.60. The molecule has 0 aliphatic heterocycles. The summed E-state index contributed by atoms with van der Waals surface area (Å²) in [5, 5.41) is 20.4. The lowest BCUT2D eigenvalue weighted by Gasteiger charge is -2.31. The summed E-state index contributed by atoms with van der Waals surface area (Å²) in [4.78, 5) is 26.5. The SMILES string of the molecule is C=CCC[C@H](N)C(=O)N(C)[C@H](C)[C@H](O)c1ccccc1.C[C@H]([C@H](O)c1ccccc1)N(C)C(=O)CN. The number of carbonyl (C=O) groups is 2. The molecule has 0 fully saturated rings. The van der Waals surface area contributed by atoms with Crippen LogP contribution in [0, 0.1) is 0 Å². The van der Waals surface area contributed by atoms with Crippen LogP contribution >= 0.6 is 0 Å². The second kappa shape index (κ2) is 15.9. The maximum absolute atomic E-state index is 12.2. The Morgan fingerprint density at radius 2 is 1.31 bits per heavy atom. The number of amides is 2. The molecule has 0 aliphatic rings. The van der Waals surface area contributed by atoms with Crippen LogP contribution in [0.1, 0.15) is 50.0 Å². The molecule has 0 aromatic heterocycles. The molecule has 2 rings (SSSR count). The van der Waals surface area contributed by atoms with E-state index < -0.39 is 18.2 Å². The van der Waals surface area contributed by atoms with Gasteiger partial charge in [-0.3, -0.25) is 9.59 Å². The Balaban J connectivity index is 0.000000369. The second-order valence-corrected chi connectivity index (χ2v) is 8.82. The van der Waals surface area contributed by atoms with E-state index in [0.29, 0.717) is 12.8 Å². The number of nitrogens with two attached hydrogens (primary N) is 2. The average molecular weight is 499 g/mol. The van der Waals surface area contributed by atoms with Gasteiger partial charge in [-0.1, -0.05) is 66.7 Å². The summed E-state index contributed by atoms with van der Waals surface area (Å²) in [5.41, 5.74) is 12.7. The van der Waals surface area contributed by atoms with Gasteiger partial charge in [0.15, 0.2) is 0 Å². The molecule has 0 saturated heterocycles. The largest absolute Gasteiger partial charge is 0.386 e. The second-order valence-electron chi connectivity index (χ2n) is 8.82. The molecular formula is C28H42N4O4. The van der Waals surface area contributed by atoms with Gasteiger partial charge in [0.1, 0.15) is 0 Å². The van der Waals surface area contributed by atoms with Gasteiger partial charge in [0.05, 0.1) is 36.9 Å². The van der Waals surface area contributed by atoms with Crippen molar-refractivity contribution in [2.45, 2.75) is 57.0 Å². The molecule has 5 atom stereocenters. The van der Waals surface area contributed by atoms with Gasteiger partial charge in [0.2, 0.25) is 11.8 Å². The zero-order valence-corrected chi connectivity index (χ0v) is 21.8. The van der Waals surface area contributed by atoms with Crippen molar-refractivity contribution >= 4 is 11.8 Å². The minimum atomic E-state index is -0.725. The van der Waals surface area contributed by atoms with Crippen LogP contribution in [0.3, 0.4) is 0 Å². The smallest absolute Gasteiger partial charge is 0.239 e. The van der Waals surface area contributed by atoms with Crippen molar-refractivity contribution < 1.29 is 19.8 Å². The maximum Gasteiger partial charge on any atom is 0.239 e. The topological polar surface area (TPSA) is 133 Å². The molecule has 36 heavy (non-hydrogen) atoms. The summed E-state index contributed by atoms with van der Waals surface area (Å²) in [6, 6.07) is 17.4. The Morgan fingerprint density at radius 3 is 1.69 bits per heavy atom. The van der Waals surface area contributed by atoms with Crippen LogP contribution in [0.15, 0.2) is 73.3 Å². The average Bonchev–Trinajstić information content (AvgIpc) is 2.93. The summed E-state index contributed by atoms with van der Waals surface area (Å²) < 4.78 is 0. The minimum Gasteiger partial charge on any atom is -0.386 e. The third-order valence-corrected chi connectivity index (χ3v) is 6.33. The van der Waals surface area contributed by atoms with E-state index >= 15 is 0 Å². The van der Waals surface area contributed by atoms with Crippen LogP contribution in [0.25, 0.3) is 0 Å². The predicted molar refractivity (Wildman–Crippen MR) is 144 cm³/mol. The van der Waals surface area contributed by atoms with E-state index in [1.807, 2.05) is 67.6 Å². The van der Waals surface area contributed by atoms with Crippen LogP contribution in [-0.2, 0) is 9.59 Å². The lowest BCUT2D eigenvalue weighted by Crippen LogP contribution is -2.47. The molecule has 6 N–H and O–H groups in total. The molecule has 2 aromatic carbocycles. The van der Waals surface area contributed by atoms with Crippen molar-refractivity contribution in [2.75, 3.05) is 20.6 Å². The van der Waals surface area contributed by atoms with Crippen LogP contribution in [0.4, 0.5) is 0 Å². The fourth-order valence-electron chi connectivity index (χ4n) is 3.54. The molecular weight excluding hydrogens is 456 g/mol. The zero-order valence-electron chi connectivity index (χ0n) is 21.8. The van der Waals surface area contributed by atoms with Crippen LogP contribution in [0.2, 0.25) is 0 Å². The summed E-state index contributed by atoms with van der Waals surface area (Å²) >= 11 is 0. The van der Waals surface area contributed by atoms with Crippen LogP contribution < -0.4 is 11.5 Å². The van der Waals surface area contributed by atoms with Crippen LogP contribution in [0.5, 0.6) is 0 Å². The molecule has 0 heterocycles. The van der Waals surface area contributed by atoms with Gasteiger partial charge >= 0.3 is 0 Å². The third-order valence-electron chi connectivity index (χ3n) is 6.33. The lowest BCUT2D eigenvalue weighted by atomic mass is 10.0. The van der Waals surface area contributed by atoms with E-state index in [1.54, 1.807) is 27.1 Å². The molecule has 2 amide bonds.